The molecule has 3 rings (SSSR count). The van der Waals surface area contributed by atoms with E-state index in [0.717, 1.165) is 24.2 Å². The van der Waals surface area contributed by atoms with E-state index in [0.29, 0.717) is 6.04 Å². The summed E-state index contributed by atoms with van der Waals surface area (Å²) in [6, 6.07) is 12.0. The number of carbonyl (C=O) groups is 1. The number of nitrogens with zero attached hydrogens (tertiary/aromatic N) is 1. The molecule has 2 aromatic rings. The summed E-state index contributed by atoms with van der Waals surface area (Å²) in [4.78, 5) is 11.9. The van der Waals surface area contributed by atoms with Crippen LogP contribution in [0.2, 0.25) is 0 Å². The van der Waals surface area contributed by atoms with E-state index in [9.17, 15) is 4.79 Å². The maximum atomic E-state index is 11.9. The van der Waals surface area contributed by atoms with E-state index in [-0.39, 0.29) is 6.03 Å². The van der Waals surface area contributed by atoms with Crippen molar-refractivity contribution >= 4 is 11.7 Å². The Labute approximate surface area is 118 Å². The fourth-order valence-electron chi connectivity index (χ4n) is 2.65. The van der Waals surface area contributed by atoms with Crippen LogP contribution in [0.4, 0.5) is 10.5 Å². The fraction of sp³-hybridized carbons (Fsp3) is 0.312. The van der Waals surface area contributed by atoms with E-state index < -0.39 is 0 Å². The molecule has 0 atom stereocenters. The highest BCUT2D eigenvalue weighted by Crippen LogP contribution is 2.18. The molecule has 1 fully saturated rings. The summed E-state index contributed by atoms with van der Waals surface area (Å²) in [6.07, 6.45) is 8.62. The molecule has 0 radical (unpaired) electrons. The van der Waals surface area contributed by atoms with E-state index in [1.165, 1.54) is 12.8 Å². The van der Waals surface area contributed by atoms with Gasteiger partial charge in [0.2, 0.25) is 0 Å². The van der Waals surface area contributed by atoms with Crippen molar-refractivity contribution in [2.75, 3.05) is 5.32 Å². The minimum Gasteiger partial charge on any atom is -0.335 e. The van der Waals surface area contributed by atoms with Gasteiger partial charge < -0.3 is 15.2 Å². The second-order valence-electron chi connectivity index (χ2n) is 5.22. The number of carbonyl (C=O) groups excluding carboxylic acids is 1. The molecular formula is C16H19N3O. The number of hydrogen-bond acceptors (Lipinski definition) is 1. The Morgan fingerprint density at radius 3 is 2.35 bits per heavy atom. The molecule has 20 heavy (non-hydrogen) atoms. The summed E-state index contributed by atoms with van der Waals surface area (Å²) in [5.41, 5.74) is 1.90. The Kier molecular flexibility index (Phi) is 3.72. The van der Waals surface area contributed by atoms with Crippen LogP contribution in [-0.4, -0.2) is 16.6 Å². The molecule has 2 N–H and O–H groups in total. The smallest absolute Gasteiger partial charge is 0.319 e. The Balaban J connectivity index is 1.59. The Bertz CT molecular complexity index is 554. The van der Waals surface area contributed by atoms with Crippen molar-refractivity contribution in [2.24, 2.45) is 0 Å². The molecule has 4 heteroatoms. The molecule has 2 amide bonds. The molecule has 0 unspecified atom stereocenters. The highest BCUT2D eigenvalue weighted by atomic mass is 16.2. The zero-order valence-corrected chi connectivity index (χ0v) is 11.4. The lowest BCUT2D eigenvalue weighted by molar-refractivity contribution is 0.248. The molecule has 1 aromatic carbocycles. The maximum Gasteiger partial charge on any atom is 0.319 e. The lowest BCUT2D eigenvalue weighted by Gasteiger charge is -2.13. The van der Waals surface area contributed by atoms with Gasteiger partial charge in [-0.15, -0.1) is 0 Å². The molecule has 1 aromatic heterocycles. The first kappa shape index (κ1) is 12.8. The van der Waals surface area contributed by atoms with Crippen molar-refractivity contribution in [1.29, 1.82) is 0 Å². The minimum atomic E-state index is -0.106. The normalized spacial score (nSPS) is 15.2. The van der Waals surface area contributed by atoms with Crippen molar-refractivity contribution < 1.29 is 4.79 Å². The standard InChI is InChI=1S/C16H19N3O/c20-16(17-13-5-1-2-6-13)18-14-7-9-15(10-8-14)19-11-3-4-12-19/h3-4,7-13H,1-2,5-6H2,(H2,17,18,20). The number of aromatic nitrogens is 1. The minimum absolute atomic E-state index is 0.106. The second kappa shape index (κ2) is 5.82. The van der Waals surface area contributed by atoms with Gasteiger partial charge in [0.25, 0.3) is 0 Å². The summed E-state index contributed by atoms with van der Waals surface area (Å²) in [5.74, 6) is 0. The molecule has 0 aliphatic heterocycles. The van der Waals surface area contributed by atoms with Crippen LogP contribution >= 0.6 is 0 Å². The van der Waals surface area contributed by atoms with Gasteiger partial charge in [0.1, 0.15) is 0 Å². The molecule has 0 bridgehead atoms. The topological polar surface area (TPSA) is 46.1 Å². The molecule has 1 heterocycles. The number of rotatable bonds is 3. The largest absolute Gasteiger partial charge is 0.335 e. The average molecular weight is 269 g/mol. The SMILES string of the molecule is O=C(Nc1ccc(-n2cccc2)cc1)NC1CCCC1. The summed E-state index contributed by atoms with van der Waals surface area (Å²) in [5, 5.41) is 5.90. The van der Waals surface area contributed by atoms with Crippen LogP contribution in [0.3, 0.4) is 0 Å². The van der Waals surface area contributed by atoms with Gasteiger partial charge in [0, 0.05) is 29.8 Å². The molecule has 0 saturated heterocycles. The first-order valence-electron chi connectivity index (χ1n) is 7.12. The Morgan fingerprint density at radius 2 is 1.70 bits per heavy atom. The Hall–Kier alpha value is -2.23. The van der Waals surface area contributed by atoms with Gasteiger partial charge in [0.05, 0.1) is 0 Å². The first-order chi connectivity index (χ1) is 9.81. The van der Waals surface area contributed by atoms with Gasteiger partial charge in [0.15, 0.2) is 0 Å². The lowest BCUT2D eigenvalue weighted by Crippen LogP contribution is -2.36. The predicted molar refractivity (Wildman–Crippen MR) is 80.2 cm³/mol. The van der Waals surface area contributed by atoms with Crippen LogP contribution in [0.25, 0.3) is 5.69 Å². The van der Waals surface area contributed by atoms with Crippen molar-refractivity contribution in [3.8, 4) is 5.69 Å². The summed E-state index contributed by atoms with van der Waals surface area (Å²) < 4.78 is 2.03. The summed E-state index contributed by atoms with van der Waals surface area (Å²) in [6.45, 7) is 0. The second-order valence-corrected chi connectivity index (χ2v) is 5.22. The number of amides is 2. The summed E-state index contributed by atoms with van der Waals surface area (Å²) in [7, 11) is 0. The highest BCUT2D eigenvalue weighted by molar-refractivity contribution is 5.89. The molecular weight excluding hydrogens is 250 g/mol. The van der Waals surface area contributed by atoms with Crippen LogP contribution < -0.4 is 10.6 Å². The van der Waals surface area contributed by atoms with Gasteiger partial charge in [-0.2, -0.15) is 0 Å². The van der Waals surface area contributed by atoms with Gasteiger partial charge in [-0.1, -0.05) is 12.8 Å². The molecule has 0 spiro atoms. The lowest BCUT2D eigenvalue weighted by atomic mass is 10.2. The predicted octanol–water partition coefficient (Wildman–Crippen LogP) is 3.54. The third kappa shape index (κ3) is 3.02. The zero-order valence-electron chi connectivity index (χ0n) is 11.4. The average Bonchev–Trinajstić information content (AvgIpc) is 3.12. The number of benzene rings is 1. The van der Waals surface area contributed by atoms with E-state index in [1.54, 1.807) is 0 Å². The van der Waals surface area contributed by atoms with Gasteiger partial charge >= 0.3 is 6.03 Å². The van der Waals surface area contributed by atoms with Gasteiger partial charge in [-0.3, -0.25) is 0 Å². The van der Waals surface area contributed by atoms with Crippen LogP contribution in [0.1, 0.15) is 25.7 Å². The maximum absolute atomic E-state index is 11.9. The van der Waals surface area contributed by atoms with Crippen LogP contribution in [0.15, 0.2) is 48.8 Å². The molecule has 104 valence electrons. The van der Waals surface area contributed by atoms with E-state index >= 15 is 0 Å². The molecule has 4 nitrogen and oxygen atoms in total. The van der Waals surface area contributed by atoms with E-state index in [4.69, 9.17) is 0 Å². The van der Waals surface area contributed by atoms with Crippen LogP contribution in [0, 0.1) is 0 Å². The number of anilines is 1. The number of hydrogen-bond donors (Lipinski definition) is 2. The van der Waals surface area contributed by atoms with Crippen molar-refractivity contribution in [1.82, 2.24) is 9.88 Å². The highest BCUT2D eigenvalue weighted by Gasteiger charge is 2.16. The van der Waals surface area contributed by atoms with Crippen molar-refractivity contribution in [3.63, 3.8) is 0 Å². The first-order valence-corrected chi connectivity index (χ1v) is 7.12. The zero-order chi connectivity index (χ0) is 13.8. The van der Waals surface area contributed by atoms with E-state index in [2.05, 4.69) is 10.6 Å². The van der Waals surface area contributed by atoms with Gasteiger partial charge in [-0.25, -0.2) is 4.79 Å². The van der Waals surface area contributed by atoms with Gasteiger partial charge in [-0.05, 0) is 49.2 Å². The third-order valence-electron chi connectivity index (χ3n) is 3.72. The van der Waals surface area contributed by atoms with E-state index in [1.807, 2.05) is 53.4 Å². The number of urea groups is 1. The number of nitrogens with one attached hydrogen (secondary N) is 2. The van der Waals surface area contributed by atoms with Crippen molar-refractivity contribution in [2.45, 2.75) is 31.7 Å². The Morgan fingerprint density at radius 1 is 1.05 bits per heavy atom. The fourth-order valence-corrected chi connectivity index (χ4v) is 2.65. The molecule has 1 saturated carbocycles. The monoisotopic (exact) mass is 269 g/mol. The van der Waals surface area contributed by atoms with Crippen LogP contribution in [0.5, 0.6) is 0 Å². The van der Waals surface area contributed by atoms with Crippen molar-refractivity contribution in [3.05, 3.63) is 48.8 Å². The third-order valence-corrected chi connectivity index (χ3v) is 3.72. The molecule has 1 aliphatic carbocycles. The molecule has 1 aliphatic rings. The quantitative estimate of drug-likeness (QED) is 0.879. The summed E-state index contributed by atoms with van der Waals surface area (Å²) >= 11 is 0. The van der Waals surface area contributed by atoms with Crippen LogP contribution in [-0.2, 0) is 0 Å².